The zero-order valence-electron chi connectivity index (χ0n) is 8.92. The monoisotopic (exact) mass is 245 g/mol. The highest BCUT2D eigenvalue weighted by Crippen LogP contribution is 2.23. The van der Waals surface area contributed by atoms with Crippen molar-refractivity contribution in [3.63, 3.8) is 0 Å². The van der Waals surface area contributed by atoms with Gasteiger partial charge in [-0.15, -0.1) is 0 Å². The van der Waals surface area contributed by atoms with Crippen LogP contribution in [0.1, 0.15) is 30.7 Å². The Morgan fingerprint density at radius 1 is 1.50 bits per heavy atom. The van der Waals surface area contributed by atoms with Crippen molar-refractivity contribution >= 4 is 9.84 Å². The van der Waals surface area contributed by atoms with Crippen molar-refractivity contribution in [3.8, 4) is 0 Å². The average molecular weight is 245 g/mol. The van der Waals surface area contributed by atoms with Crippen LogP contribution in [0.5, 0.6) is 0 Å². The minimum atomic E-state index is -2.97. The standard InChI is InChI=1S/C10H15NO4S/c12-7-8-5-9(15-11-8)6-10-3-1-2-4-16(10,13)14/h5,10,12H,1-4,6-7H2. The lowest BCUT2D eigenvalue weighted by Crippen LogP contribution is -2.30. The fourth-order valence-corrected chi connectivity index (χ4v) is 3.89. The number of hydrogen-bond acceptors (Lipinski definition) is 5. The third-order valence-corrected chi connectivity index (χ3v) is 5.19. The highest BCUT2D eigenvalue weighted by Gasteiger charge is 2.29. The van der Waals surface area contributed by atoms with Crippen LogP contribution in [0.15, 0.2) is 10.6 Å². The van der Waals surface area contributed by atoms with E-state index in [2.05, 4.69) is 5.16 Å². The Morgan fingerprint density at radius 3 is 2.94 bits per heavy atom. The fourth-order valence-electron chi connectivity index (χ4n) is 2.00. The van der Waals surface area contributed by atoms with E-state index in [4.69, 9.17) is 9.63 Å². The Balaban J connectivity index is 2.08. The average Bonchev–Trinajstić information content (AvgIpc) is 2.69. The summed E-state index contributed by atoms with van der Waals surface area (Å²) in [7, 11) is -2.97. The van der Waals surface area contributed by atoms with Crippen molar-refractivity contribution in [1.82, 2.24) is 5.16 Å². The molecule has 1 saturated heterocycles. The molecule has 16 heavy (non-hydrogen) atoms. The lowest BCUT2D eigenvalue weighted by molar-refractivity contribution is 0.265. The van der Waals surface area contributed by atoms with Gasteiger partial charge in [-0.05, 0) is 12.8 Å². The molecule has 0 saturated carbocycles. The van der Waals surface area contributed by atoms with E-state index in [-0.39, 0.29) is 17.6 Å². The van der Waals surface area contributed by atoms with E-state index in [0.717, 1.165) is 12.8 Å². The van der Waals surface area contributed by atoms with E-state index in [1.807, 2.05) is 0 Å². The molecule has 0 spiro atoms. The third-order valence-electron chi connectivity index (χ3n) is 2.91. The van der Waals surface area contributed by atoms with Gasteiger partial charge in [-0.3, -0.25) is 0 Å². The summed E-state index contributed by atoms with van der Waals surface area (Å²) in [4.78, 5) is 0. The predicted octanol–water partition coefficient (Wildman–Crippen LogP) is 0.677. The van der Waals surface area contributed by atoms with Crippen LogP contribution in [-0.2, 0) is 22.9 Å². The van der Waals surface area contributed by atoms with E-state index in [0.29, 0.717) is 24.3 Å². The molecule has 6 heteroatoms. The maximum Gasteiger partial charge on any atom is 0.153 e. The minimum Gasteiger partial charge on any atom is -0.390 e. The van der Waals surface area contributed by atoms with Gasteiger partial charge in [0, 0.05) is 12.5 Å². The van der Waals surface area contributed by atoms with Gasteiger partial charge in [0.05, 0.1) is 17.6 Å². The first-order chi connectivity index (χ1) is 7.62. The van der Waals surface area contributed by atoms with Crippen LogP contribution in [0.2, 0.25) is 0 Å². The van der Waals surface area contributed by atoms with Crippen LogP contribution >= 0.6 is 0 Å². The molecule has 1 aromatic heterocycles. The third kappa shape index (κ3) is 2.44. The van der Waals surface area contributed by atoms with Crippen molar-refractivity contribution in [3.05, 3.63) is 17.5 Å². The van der Waals surface area contributed by atoms with Gasteiger partial charge in [-0.2, -0.15) is 0 Å². The molecule has 0 radical (unpaired) electrons. The Labute approximate surface area is 94.4 Å². The largest absolute Gasteiger partial charge is 0.390 e. The topological polar surface area (TPSA) is 80.4 Å². The summed E-state index contributed by atoms with van der Waals surface area (Å²) in [6.07, 6.45) is 2.77. The van der Waals surface area contributed by atoms with Gasteiger partial charge in [0.25, 0.3) is 0 Å². The number of aromatic nitrogens is 1. The highest BCUT2D eigenvalue weighted by molar-refractivity contribution is 7.92. The number of aliphatic hydroxyl groups excluding tert-OH is 1. The molecule has 0 aliphatic carbocycles. The summed E-state index contributed by atoms with van der Waals surface area (Å²) >= 11 is 0. The van der Waals surface area contributed by atoms with E-state index >= 15 is 0 Å². The first-order valence-corrected chi connectivity index (χ1v) is 7.10. The summed E-state index contributed by atoms with van der Waals surface area (Å²) < 4.78 is 28.5. The number of nitrogens with zero attached hydrogens (tertiary/aromatic N) is 1. The molecule has 1 atom stereocenters. The molecule has 0 amide bonds. The van der Waals surface area contributed by atoms with Crippen molar-refractivity contribution < 1.29 is 18.0 Å². The van der Waals surface area contributed by atoms with Gasteiger partial charge in [0.2, 0.25) is 0 Å². The van der Waals surface area contributed by atoms with Gasteiger partial charge < -0.3 is 9.63 Å². The normalized spacial score (nSPS) is 24.4. The molecule has 1 N–H and O–H groups in total. The molecule has 1 aromatic rings. The second-order valence-electron chi connectivity index (χ2n) is 4.13. The summed E-state index contributed by atoms with van der Waals surface area (Å²) in [5.41, 5.74) is 0.447. The molecule has 1 fully saturated rings. The molecular formula is C10H15NO4S. The zero-order valence-corrected chi connectivity index (χ0v) is 9.74. The van der Waals surface area contributed by atoms with Crippen LogP contribution in [0.4, 0.5) is 0 Å². The molecule has 2 rings (SSSR count). The molecule has 0 bridgehead atoms. The molecule has 90 valence electrons. The zero-order chi connectivity index (χ0) is 11.6. The van der Waals surface area contributed by atoms with E-state index in [1.165, 1.54) is 0 Å². The van der Waals surface area contributed by atoms with Crippen LogP contribution < -0.4 is 0 Å². The van der Waals surface area contributed by atoms with Crippen molar-refractivity contribution in [2.24, 2.45) is 0 Å². The van der Waals surface area contributed by atoms with E-state index in [1.54, 1.807) is 6.07 Å². The maximum absolute atomic E-state index is 11.8. The first kappa shape index (κ1) is 11.6. The summed E-state index contributed by atoms with van der Waals surface area (Å²) in [5.74, 6) is 0.818. The Morgan fingerprint density at radius 2 is 2.31 bits per heavy atom. The lowest BCUT2D eigenvalue weighted by atomic mass is 10.1. The second-order valence-corrected chi connectivity index (χ2v) is 6.53. The van der Waals surface area contributed by atoms with Crippen LogP contribution in [0, 0.1) is 0 Å². The van der Waals surface area contributed by atoms with Crippen LogP contribution in [-0.4, -0.2) is 29.7 Å². The summed E-state index contributed by atoms with van der Waals surface area (Å²) in [6, 6.07) is 1.62. The molecule has 1 unspecified atom stereocenters. The predicted molar refractivity (Wildman–Crippen MR) is 57.6 cm³/mol. The van der Waals surface area contributed by atoms with Crippen molar-refractivity contribution in [2.75, 3.05) is 5.75 Å². The van der Waals surface area contributed by atoms with Gasteiger partial charge >= 0.3 is 0 Å². The lowest BCUT2D eigenvalue weighted by Gasteiger charge is -2.20. The highest BCUT2D eigenvalue weighted by atomic mass is 32.2. The smallest absolute Gasteiger partial charge is 0.153 e. The quantitative estimate of drug-likeness (QED) is 0.846. The SMILES string of the molecule is O=S1(=O)CCCCC1Cc1cc(CO)no1. The van der Waals surface area contributed by atoms with Gasteiger partial charge in [0.1, 0.15) is 11.5 Å². The minimum absolute atomic E-state index is 0.180. The van der Waals surface area contributed by atoms with Gasteiger partial charge in [-0.1, -0.05) is 11.6 Å². The number of rotatable bonds is 3. The summed E-state index contributed by atoms with van der Waals surface area (Å²) in [5, 5.41) is 12.1. The first-order valence-electron chi connectivity index (χ1n) is 5.39. The molecule has 1 aliphatic heterocycles. The Bertz CT molecular complexity index is 451. The Kier molecular flexibility index (Phi) is 3.30. The Hall–Kier alpha value is -0.880. The van der Waals surface area contributed by atoms with Crippen LogP contribution in [0.3, 0.4) is 0 Å². The number of sulfone groups is 1. The molecule has 2 heterocycles. The van der Waals surface area contributed by atoms with Crippen LogP contribution in [0.25, 0.3) is 0 Å². The molecular weight excluding hydrogens is 230 g/mol. The summed E-state index contributed by atoms with van der Waals surface area (Å²) in [6.45, 7) is -0.180. The molecule has 1 aliphatic rings. The second kappa shape index (κ2) is 4.55. The van der Waals surface area contributed by atoms with E-state index in [9.17, 15) is 8.42 Å². The molecule has 5 nitrogen and oxygen atoms in total. The van der Waals surface area contributed by atoms with Gasteiger partial charge in [0.15, 0.2) is 9.84 Å². The van der Waals surface area contributed by atoms with E-state index < -0.39 is 9.84 Å². The van der Waals surface area contributed by atoms with Crippen molar-refractivity contribution in [1.29, 1.82) is 0 Å². The maximum atomic E-state index is 11.8. The number of hydrogen-bond donors (Lipinski definition) is 1. The molecule has 0 aromatic carbocycles. The number of aliphatic hydroxyl groups is 1. The fraction of sp³-hybridized carbons (Fsp3) is 0.700. The van der Waals surface area contributed by atoms with Crippen molar-refractivity contribution in [2.45, 2.75) is 37.5 Å². The van der Waals surface area contributed by atoms with Gasteiger partial charge in [-0.25, -0.2) is 8.42 Å².